The maximum Gasteiger partial charge on any atom is 0.256 e. The van der Waals surface area contributed by atoms with Gasteiger partial charge in [0.15, 0.2) is 5.82 Å². The van der Waals surface area contributed by atoms with E-state index < -0.39 is 0 Å². The number of benzene rings is 2. The monoisotopic (exact) mass is 334 g/mol. The quantitative estimate of drug-likeness (QED) is 0.575. The van der Waals surface area contributed by atoms with Crippen LogP contribution in [0.3, 0.4) is 0 Å². The zero-order valence-corrected chi connectivity index (χ0v) is 13.7. The summed E-state index contributed by atoms with van der Waals surface area (Å²) in [5.74, 6) is 0.221. The van der Waals surface area contributed by atoms with Crippen molar-refractivity contribution in [1.29, 1.82) is 0 Å². The lowest BCUT2D eigenvalue weighted by molar-refractivity contribution is 0.102. The molecular formula is C18H14N4OS. The van der Waals surface area contributed by atoms with E-state index >= 15 is 0 Å². The van der Waals surface area contributed by atoms with E-state index in [0.29, 0.717) is 22.8 Å². The minimum absolute atomic E-state index is 0.242. The molecule has 0 spiro atoms. The first-order valence-electron chi connectivity index (χ1n) is 7.30. The SMILES string of the molecule is Cc1nn(-c2ccccc2)c(NC(=O)c2ccccc2)c1N=C=S. The first-order chi connectivity index (χ1) is 11.7. The van der Waals surface area contributed by atoms with Gasteiger partial charge in [0.25, 0.3) is 5.91 Å². The van der Waals surface area contributed by atoms with Crippen molar-refractivity contribution < 1.29 is 4.79 Å². The number of nitrogens with zero attached hydrogens (tertiary/aromatic N) is 3. The molecule has 1 aromatic heterocycles. The number of nitrogens with one attached hydrogen (secondary N) is 1. The molecule has 3 rings (SSSR count). The smallest absolute Gasteiger partial charge is 0.256 e. The molecule has 1 heterocycles. The van der Waals surface area contributed by atoms with E-state index in [9.17, 15) is 4.79 Å². The number of hydrogen-bond donors (Lipinski definition) is 1. The Morgan fingerprint density at radius 2 is 1.75 bits per heavy atom. The second-order valence-corrected chi connectivity index (χ2v) is 5.24. The van der Waals surface area contributed by atoms with Crippen LogP contribution >= 0.6 is 12.2 Å². The summed E-state index contributed by atoms with van der Waals surface area (Å²) in [4.78, 5) is 16.6. The molecule has 0 bridgehead atoms. The predicted molar refractivity (Wildman–Crippen MR) is 97.4 cm³/mol. The second kappa shape index (κ2) is 7.00. The topological polar surface area (TPSA) is 59.3 Å². The average Bonchev–Trinajstić information content (AvgIpc) is 2.93. The molecule has 0 aliphatic rings. The molecule has 0 atom stereocenters. The van der Waals surface area contributed by atoms with Crippen LogP contribution in [-0.4, -0.2) is 20.8 Å². The lowest BCUT2D eigenvalue weighted by atomic mass is 10.2. The van der Waals surface area contributed by atoms with Gasteiger partial charge in [-0.3, -0.25) is 4.79 Å². The van der Waals surface area contributed by atoms with Crippen LogP contribution in [0.5, 0.6) is 0 Å². The van der Waals surface area contributed by atoms with Gasteiger partial charge in [0.1, 0.15) is 5.69 Å². The molecule has 3 aromatic rings. The molecule has 0 aliphatic heterocycles. The van der Waals surface area contributed by atoms with Gasteiger partial charge in [-0.1, -0.05) is 36.4 Å². The maximum atomic E-state index is 12.5. The summed E-state index contributed by atoms with van der Waals surface area (Å²) in [6.07, 6.45) is 0. The molecule has 118 valence electrons. The number of hydrogen-bond acceptors (Lipinski definition) is 4. The number of amides is 1. The third-order valence-corrected chi connectivity index (χ3v) is 3.55. The molecule has 6 heteroatoms. The van der Waals surface area contributed by atoms with Crippen LogP contribution < -0.4 is 5.32 Å². The van der Waals surface area contributed by atoms with Gasteiger partial charge in [0.05, 0.1) is 16.5 Å². The molecule has 0 fully saturated rings. The fraction of sp³-hybridized carbons (Fsp3) is 0.0556. The summed E-state index contributed by atoms with van der Waals surface area (Å²) in [6, 6.07) is 18.5. The van der Waals surface area contributed by atoms with E-state index in [0.717, 1.165) is 5.69 Å². The summed E-state index contributed by atoms with van der Waals surface area (Å²) in [5, 5.41) is 9.70. The Balaban J connectivity index is 2.08. The molecule has 1 amide bonds. The summed E-state index contributed by atoms with van der Waals surface area (Å²) in [7, 11) is 0. The van der Waals surface area contributed by atoms with Crippen LogP contribution in [0.15, 0.2) is 65.7 Å². The first kappa shape index (κ1) is 15.8. The average molecular weight is 334 g/mol. The number of aryl methyl sites for hydroxylation is 1. The molecule has 24 heavy (non-hydrogen) atoms. The van der Waals surface area contributed by atoms with Gasteiger partial charge in [-0.25, -0.2) is 4.68 Å². The summed E-state index contributed by atoms with van der Waals surface area (Å²) < 4.78 is 1.64. The van der Waals surface area contributed by atoms with Gasteiger partial charge >= 0.3 is 0 Å². The number of carbonyl (C=O) groups is 1. The molecule has 2 aromatic carbocycles. The zero-order valence-electron chi connectivity index (χ0n) is 12.9. The Morgan fingerprint density at radius 3 is 2.38 bits per heavy atom. The van der Waals surface area contributed by atoms with Crippen LogP contribution in [0.2, 0.25) is 0 Å². The van der Waals surface area contributed by atoms with Crippen LogP contribution in [0.25, 0.3) is 5.69 Å². The number of aliphatic imine (C=N–C) groups is 1. The molecule has 0 saturated heterocycles. The van der Waals surface area contributed by atoms with Crippen molar-refractivity contribution >= 4 is 34.8 Å². The normalized spacial score (nSPS) is 10.0. The molecule has 0 aliphatic carbocycles. The van der Waals surface area contributed by atoms with Gasteiger partial charge < -0.3 is 5.32 Å². The van der Waals surface area contributed by atoms with E-state index in [4.69, 9.17) is 12.2 Å². The number of rotatable bonds is 4. The Bertz CT molecular complexity index is 913. The van der Waals surface area contributed by atoms with E-state index in [1.54, 1.807) is 16.8 Å². The van der Waals surface area contributed by atoms with Gasteiger partial charge in [0, 0.05) is 5.56 Å². The van der Waals surface area contributed by atoms with Gasteiger partial charge in [-0.2, -0.15) is 10.1 Å². The highest BCUT2D eigenvalue weighted by Gasteiger charge is 2.19. The van der Waals surface area contributed by atoms with Gasteiger partial charge in [-0.05, 0) is 43.4 Å². The van der Waals surface area contributed by atoms with Crippen molar-refractivity contribution in [1.82, 2.24) is 9.78 Å². The predicted octanol–water partition coefficient (Wildman–Crippen LogP) is 4.17. The second-order valence-electron chi connectivity index (χ2n) is 5.05. The number of anilines is 1. The highest BCUT2D eigenvalue weighted by atomic mass is 32.1. The number of para-hydroxylation sites is 1. The van der Waals surface area contributed by atoms with Crippen molar-refractivity contribution in [3.63, 3.8) is 0 Å². The largest absolute Gasteiger partial charge is 0.305 e. The van der Waals surface area contributed by atoms with Crippen molar-refractivity contribution in [3.05, 3.63) is 71.9 Å². The summed E-state index contributed by atoms with van der Waals surface area (Å²) in [6.45, 7) is 1.81. The van der Waals surface area contributed by atoms with E-state index in [1.165, 1.54) is 0 Å². The Hall–Kier alpha value is -3.08. The molecule has 1 N–H and O–H groups in total. The summed E-state index contributed by atoms with van der Waals surface area (Å²) >= 11 is 4.72. The third kappa shape index (κ3) is 3.15. The minimum atomic E-state index is -0.242. The molecule has 0 radical (unpaired) electrons. The Kier molecular flexibility index (Phi) is 4.61. The third-order valence-electron chi connectivity index (χ3n) is 3.45. The lowest BCUT2D eigenvalue weighted by Gasteiger charge is -2.09. The Morgan fingerprint density at radius 1 is 1.12 bits per heavy atom. The molecular weight excluding hydrogens is 320 g/mol. The Labute approximate surface area is 144 Å². The fourth-order valence-electron chi connectivity index (χ4n) is 2.34. The van der Waals surface area contributed by atoms with Gasteiger partial charge in [-0.15, -0.1) is 0 Å². The summed E-state index contributed by atoms with van der Waals surface area (Å²) in [5.41, 5.74) is 2.51. The van der Waals surface area contributed by atoms with Crippen molar-refractivity contribution in [2.75, 3.05) is 5.32 Å². The van der Waals surface area contributed by atoms with Gasteiger partial charge in [0.2, 0.25) is 0 Å². The lowest BCUT2D eigenvalue weighted by Crippen LogP contribution is -2.15. The first-order valence-corrected chi connectivity index (χ1v) is 7.71. The maximum absolute atomic E-state index is 12.5. The number of carbonyl (C=O) groups excluding carboxylic acids is 1. The minimum Gasteiger partial charge on any atom is -0.305 e. The molecule has 0 unspecified atom stereocenters. The van der Waals surface area contributed by atoms with Crippen molar-refractivity contribution in [2.45, 2.75) is 6.92 Å². The van der Waals surface area contributed by atoms with Crippen LogP contribution in [0.1, 0.15) is 16.1 Å². The zero-order chi connectivity index (χ0) is 16.9. The van der Waals surface area contributed by atoms with Crippen molar-refractivity contribution in [3.8, 4) is 5.69 Å². The fourth-order valence-corrected chi connectivity index (χ4v) is 2.43. The van der Waals surface area contributed by atoms with Crippen LogP contribution in [0.4, 0.5) is 11.5 Å². The number of isothiocyanates is 1. The van der Waals surface area contributed by atoms with Crippen LogP contribution in [-0.2, 0) is 0 Å². The highest BCUT2D eigenvalue weighted by molar-refractivity contribution is 7.78. The molecule has 5 nitrogen and oxygen atoms in total. The van der Waals surface area contributed by atoms with Crippen LogP contribution in [0, 0.1) is 6.92 Å². The highest BCUT2D eigenvalue weighted by Crippen LogP contribution is 2.31. The van der Waals surface area contributed by atoms with E-state index in [1.807, 2.05) is 55.5 Å². The van der Waals surface area contributed by atoms with Crippen molar-refractivity contribution in [2.24, 2.45) is 4.99 Å². The number of thiocarbonyl (C=S) groups is 1. The van der Waals surface area contributed by atoms with E-state index in [-0.39, 0.29) is 5.91 Å². The number of aromatic nitrogens is 2. The van der Waals surface area contributed by atoms with E-state index in [2.05, 4.69) is 20.6 Å². The molecule has 0 saturated carbocycles. The standard InChI is InChI=1S/C18H14N4OS/c1-13-16(19-12-24)17(20-18(23)14-8-4-2-5-9-14)22(21-13)15-10-6-3-7-11-15/h2-11H,1H3,(H,20,23).